The van der Waals surface area contributed by atoms with Crippen LogP contribution in [0.25, 0.3) is 16.5 Å². The third kappa shape index (κ3) is 5.39. The van der Waals surface area contributed by atoms with Gasteiger partial charge in [-0.3, -0.25) is 9.36 Å². The molecule has 0 amide bonds. The van der Waals surface area contributed by atoms with E-state index in [4.69, 9.17) is 16.3 Å². The number of hydrogen-bond donors (Lipinski definition) is 0. The van der Waals surface area contributed by atoms with Crippen LogP contribution in [0.3, 0.4) is 0 Å². The molecular weight excluding hydrogens is 478 g/mol. The third-order valence-corrected chi connectivity index (χ3v) is 6.76. The fraction of sp³-hybridized carbons (Fsp3) is 0.107. The molecule has 0 radical (unpaired) electrons. The molecule has 5 aromatic rings. The average Bonchev–Trinajstić information content (AvgIpc) is 3.30. The molecule has 0 fully saturated rings. The molecule has 0 unspecified atom stereocenters. The van der Waals surface area contributed by atoms with E-state index in [1.54, 1.807) is 0 Å². The van der Waals surface area contributed by atoms with Crippen molar-refractivity contribution in [3.05, 3.63) is 113 Å². The molecule has 0 aliphatic rings. The van der Waals surface area contributed by atoms with Gasteiger partial charge in [0.05, 0.1) is 5.75 Å². The Balaban J connectivity index is 1.37. The van der Waals surface area contributed by atoms with Crippen LogP contribution in [-0.4, -0.2) is 26.3 Å². The van der Waals surface area contributed by atoms with Crippen molar-refractivity contribution in [2.45, 2.75) is 18.7 Å². The number of ether oxygens (including phenoxy) is 1. The van der Waals surface area contributed by atoms with Crippen molar-refractivity contribution in [1.29, 1.82) is 0 Å². The SMILES string of the molecule is Cc1ccc(OCc2nnc(SCC(=O)c3ccc4ccccc4c3)n2-c2ccc(Cl)cc2)cc1. The van der Waals surface area contributed by atoms with E-state index in [-0.39, 0.29) is 18.1 Å². The number of fused-ring (bicyclic) bond motifs is 1. The topological polar surface area (TPSA) is 57.0 Å². The standard InChI is InChI=1S/C28H22ClN3O2S/c1-19-6-14-25(15-7-19)34-17-27-30-31-28(32(27)24-12-10-23(29)11-13-24)35-18-26(33)22-9-8-20-4-2-3-5-21(20)16-22/h2-16H,17-18H2,1H3. The number of ketones is 1. The number of aromatic nitrogens is 3. The number of carbonyl (C=O) groups excluding carboxylic acids is 1. The van der Waals surface area contributed by atoms with E-state index in [0.717, 1.165) is 27.8 Å². The lowest BCUT2D eigenvalue weighted by molar-refractivity contribution is 0.102. The van der Waals surface area contributed by atoms with Crippen LogP contribution in [0.1, 0.15) is 21.7 Å². The molecule has 35 heavy (non-hydrogen) atoms. The van der Waals surface area contributed by atoms with Crippen molar-refractivity contribution in [2.24, 2.45) is 0 Å². The summed E-state index contributed by atoms with van der Waals surface area (Å²) in [6.07, 6.45) is 0. The highest BCUT2D eigenvalue weighted by Crippen LogP contribution is 2.26. The van der Waals surface area contributed by atoms with Gasteiger partial charge in [0.2, 0.25) is 0 Å². The summed E-state index contributed by atoms with van der Waals surface area (Å²) in [5, 5.41) is 12.1. The van der Waals surface area contributed by atoms with Gasteiger partial charge in [-0.15, -0.1) is 10.2 Å². The minimum Gasteiger partial charge on any atom is -0.486 e. The first-order chi connectivity index (χ1) is 17.1. The number of nitrogens with zero attached hydrogens (tertiary/aromatic N) is 3. The van der Waals surface area contributed by atoms with Crippen molar-refractivity contribution in [3.8, 4) is 11.4 Å². The Labute approximate surface area is 212 Å². The van der Waals surface area contributed by atoms with Crippen molar-refractivity contribution < 1.29 is 9.53 Å². The maximum Gasteiger partial charge on any atom is 0.196 e. The zero-order chi connectivity index (χ0) is 24.2. The minimum atomic E-state index is 0.0314. The molecule has 5 rings (SSSR count). The van der Waals surface area contributed by atoms with Crippen LogP contribution < -0.4 is 4.74 Å². The summed E-state index contributed by atoms with van der Waals surface area (Å²) >= 11 is 7.45. The monoisotopic (exact) mass is 499 g/mol. The van der Waals surface area contributed by atoms with Gasteiger partial charge in [0.25, 0.3) is 0 Å². The van der Waals surface area contributed by atoms with Crippen LogP contribution in [0, 0.1) is 6.92 Å². The van der Waals surface area contributed by atoms with Gasteiger partial charge in [0, 0.05) is 16.3 Å². The van der Waals surface area contributed by atoms with Gasteiger partial charge in [0.15, 0.2) is 16.8 Å². The fourth-order valence-electron chi connectivity index (χ4n) is 3.70. The molecule has 0 atom stereocenters. The Kier molecular flexibility index (Phi) is 6.84. The Morgan fingerprint density at radius 3 is 2.43 bits per heavy atom. The largest absolute Gasteiger partial charge is 0.486 e. The Morgan fingerprint density at radius 1 is 0.914 bits per heavy atom. The zero-order valence-corrected chi connectivity index (χ0v) is 20.6. The third-order valence-electron chi connectivity index (χ3n) is 5.58. The molecule has 5 nitrogen and oxygen atoms in total. The summed E-state index contributed by atoms with van der Waals surface area (Å²) in [5.41, 5.74) is 2.69. The maximum absolute atomic E-state index is 13.0. The molecule has 0 N–H and O–H groups in total. The second-order valence-electron chi connectivity index (χ2n) is 8.09. The molecule has 1 aromatic heterocycles. The van der Waals surface area contributed by atoms with E-state index in [9.17, 15) is 4.79 Å². The molecule has 7 heteroatoms. The second-order valence-corrected chi connectivity index (χ2v) is 9.47. The summed E-state index contributed by atoms with van der Waals surface area (Å²) in [5.74, 6) is 1.66. The predicted octanol–water partition coefficient (Wildman–Crippen LogP) is 6.94. The van der Waals surface area contributed by atoms with Crippen LogP contribution in [-0.2, 0) is 6.61 Å². The lowest BCUT2D eigenvalue weighted by Crippen LogP contribution is -2.08. The van der Waals surface area contributed by atoms with E-state index in [0.29, 0.717) is 21.6 Å². The van der Waals surface area contributed by atoms with Crippen molar-refractivity contribution >= 4 is 39.9 Å². The molecular formula is C28H22ClN3O2S. The first-order valence-corrected chi connectivity index (χ1v) is 12.5. The van der Waals surface area contributed by atoms with Gasteiger partial charge >= 0.3 is 0 Å². The molecule has 0 saturated heterocycles. The molecule has 0 bridgehead atoms. The molecule has 1 heterocycles. The first-order valence-electron chi connectivity index (χ1n) is 11.1. The number of benzene rings is 4. The van der Waals surface area contributed by atoms with Gasteiger partial charge in [-0.25, -0.2) is 0 Å². The quantitative estimate of drug-likeness (QED) is 0.171. The van der Waals surface area contributed by atoms with Crippen molar-refractivity contribution in [1.82, 2.24) is 14.8 Å². The second kappa shape index (κ2) is 10.3. The highest BCUT2D eigenvalue weighted by Gasteiger charge is 2.17. The summed E-state index contributed by atoms with van der Waals surface area (Å²) in [7, 11) is 0. The summed E-state index contributed by atoms with van der Waals surface area (Å²) in [6.45, 7) is 2.27. The smallest absolute Gasteiger partial charge is 0.196 e. The number of thioether (sulfide) groups is 1. The van der Waals surface area contributed by atoms with E-state index >= 15 is 0 Å². The lowest BCUT2D eigenvalue weighted by Gasteiger charge is -2.11. The van der Waals surface area contributed by atoms with Crippen LogP contribution in [0.15, 0.2) is 96.2 Å². The molecule has 0 aliphatic carbocycles. The Bertz CT molecular complexity index is 1480. The number of carbonyl (C=O) groups is 1. The molecule has 0 aliphatic heterocycles. The number of aryl methyl sites for hydroxylation is 1. The van der Waals surface area contributed by atoms with Crippen LogP contribution in [0.2, 0.25) is 5.02 Å². The summed E-state index contributed by atoms with van der Waals surface area (Å²) in [6, 6.07) is 29.1. The molecule has 0 spiro atoms. The zero-order valence-electron chi connectivity index (χ0n) is 19.0. The van der Waals surface area contributed by atoms with Crippen LogP contribution >= 0.6 is 23.4 Å². The van der Waals surface area contributed by atoms with E-state index in [2.05, 4.69) is 10.2 Å². The van der Waals surface area contributed by atoms with Gasteiger partial charge < -0.3 is 4.74 Å². The van der Waals surface area contributed by atoms with Crippen LogP contribution in [0.5, 0.6) is 5.75 Å². The minimum absolute atomic E-state index is 0.0314. The van der Waals surface area contributed by atoms with Gasteiger partial charge in [-0.05, 0) is 60.2 Å². The van der Waals surface area contributed by atoms with E-state index in [1.807, 2.05) is 102 Å². The molecule has 0 saturated carbocycles. The predicted molar refractivity (Wildman–Crippen MR) is 141 cm³/mol. The Morgan fingerprint density at radius 2 is 1.66 bits per heavy atom. The van der Waals surface area contributed by atoms with Gasteiger partial charge in [-0.1, -0.05) is 77.5 Å². The lowest BCUT2D eigenvalue weighted by atomic mass is 10.1. The number of Topliss-reactive ketones (excluding diaryl/α,β-unsaturated/α-hetero) is 1. The van der Waals surface area contributed by atoms with Crippen molar-refractivity contribution in [3.63, 3.8) is 0 Å². The number of rotatable bonds is 8. The molecule has 4 aromatic carbocycles. The van der Waals surface area contributed by atoms with Crippen LogP contribution in [0.4, 0.5) is 0 Å². The number of hydrogen-bond acceptors (Lipinski definition) is 5. The summed E-state index contributed by atoms with van der Waals surface area (Å²) in [4.78, 5) is 13.0. The highest BCUT2D eigenvalue weighted by molar-refractivity contribution is 7.99. The molecule has 174 valence electrons. The van der Waals surface area contributed by atoms with E-state index in [1.165, 1.54) is 11.8 Å². The van der Waals surface area contributed by atoms with Crippen molar-refractivity contribution in [2.75, 3.05) is 5.75 Å². The summed E-state index contributed by atoms with van der Waals surface area (Å²) < 4.78 is 7.86. The fourth-order valence-corrected chi connectivity index (χ4v) is 4.69. The van der Waals surface area contributed by atoms with Gasteiger partial charge in [-0.2, -0.15) is 0 Å². The average molecular weight is 500 g/mol. The maximum atomic E-state index is 13.0. The Hall–Kier alpha value is -3.61. The first kappa shape index (κ1) is 23.1. The van der Waals surface area contributed by atoms with Gasteiger partial charge in [0.1, 0.15) is 12.4 Å². The highest BCUT2D eigenvalue weighted by atomic mass is 35.5. The number of halogens is 1. The van der Waals surface area contributed by atoms with E-state index < -0.39 is 0 Å². The normalized spacial score (nSPS) is 11.0.